The van der Waals surface area contributed by atoms with Gasteiger partial charge in [-0.15, -0.1) is 11.8 Å². The van der Waals surface area contributed by atoms with Crippen LogP contribution in [0.4, 0.5) is 5.69 Å². The predicted octanol–water partition coefficient (Wildman–Crippen LogP) is 1.16. The first-order valence-electron chi connectivity index (χ1n) is 13.1. The first-order valence-corrected chi connectivity index (χ1v) is 14.0. The van der Waals surface area contributed by atoms with Gasteiger partial charge in [-0.1, -0.05) is 75.8 Å². The molecule has 0 aromatic heterocycles. The Bertz CT molecular complexity index is 941. The van der Waals surface area contributed by atoms with E-state index in [9.17, 15) is 14.7 Å². The van der Waals surface area contributed by atoms with Crippen molar-refractivity contribution in [3.63, 3.8) is 0 Å². The molecule has 0 aliphatic heterocycles. The Hall–Kier alpha value is -0.510. The number of benzene rings is 2. The third-order valence-electron chi connectivity index (χ3n) is 6.16. The van der Waals surface area contributed by atoms with Crippen LogP contribution in [0.1, 0.15) is 90.4 Å². The molecule has 9 heteroatoms. The van der Waals surface area contributed by atoms with Crippen LogP contribution in [0.15, 0.2) is 53.4 Å². The number of anilines is 1. The van der Waals surface area contributed by atoms with Crippen molar-refractivity contribution in [1.82, 2.24) is 0 Å². The topological polar surface area (TPSA) is 107 Å². The number of aliphatic hydroxyl groups is 1. The minimum absolute atomic E-state index is 0. The van der Waals surface area contributed by atoms with Crippen molar-refractivity contribution in [3.05, 3.63) is 59.7 Å². The Morgan fingerprint density at radius 3 is 2.18 bits per heavy atom. The van der Waals surface area contributed by atoms with Gasteiger partial charge in [0, 0.05) is 17.0 Å². The maximum Gasteiger partial charge on any atom is 1.00 e. The molecule has 0 aliphatic carbocycles. The SMILES string of the molecule is CCCCCCCCCc1ccc(C(Sc2cccc(NCC(=O)O)c2)C(O)CCCC(=O)O)cc1.[H-].[H-].[Na+].[Na+]. The second kappa shape index (κ2) is 22.2. The summed E-state index contributed by atoms with van der Waals surface area (Å²) < 4.78 is 0. The number of carboxylic acids is 2. The maximum absolute atomic E-state index is 11.0. The van der Waals surface area contributed by atoms with Gasteiger partial charge in [0.05, 0.1) is 11.4 Å². The second-order valence-corrected chi connectivity index (χ2v) is 10.5. The van der Waals surface area contributed by atoms with E-state index in [1.807, 2.05) is 24.3 Å². The quantitative estimate of drug-likeness (QED) is 0.115. The summed E-state index contributed by atoms with van der Waals surface area (Å²) in [7, 11) is 0. The standard InChI is InChI=1S/C29H41NO5S.2Na.2H/c1-2-3-4-5-6-7-8-11-22-16-18-23(19-17-22)29(26(31)14-10-15-27(32)33)36-25-13-9-12-24(20-25)30-21-28(34)35;;;;/h9,12-13,16-20,26,29-31H,2-8,10-11,14-15,21H2,1H3,(H,32,33)(H,34,35);;;;/q;2*+1;2*-1. The number of carboxylic acid groups (broad SMARTS) is 2. The average molecular weight is 564 g/mol. The third-order valence-corrected chi connectivity index (χ3v) is 7.52. The number of thioether (sulfide) groups is 1. The number of unbranched alkanes of at least 4 members (excludes halogenated alkanes) is 6. The molecule has 2 aromatic carbocycles. The van der Waals surface area contributed by atoms with E-state index in [2.05, 4.69) is 36.5 Å². The van der Waals surface area contributed by atoms with E-state index in [0.29, 0.717) is 18.5 Å². The van der Waals surface area contributed by atoms with E-state index in [-0.39, 0.29) is 80.2 Å². The number of nitrogens with one attached hydrogen (secondary N) is 1. The molecular weight excluding hydrogens is 520 g/mol. The molecule has 202 valence electrons. The molecule has 0 amide bonds. The monoisotopic (exact) mass is 563 g/mol. The second-order valence-electron chi connectivity index (χ2n) is 9.28. The average Bonchev–Trinajstić information content (AvgIpc) is 2.86. The largest absolute Gasteiger partial charge is 1.00 e. The van der Waals surface area contributed by atoms with Gasteiger partial charge in [-0.25, -0.2) is 0 Å². The number of rotatable bonds is 19. The molecule has 38 heavy (non-hydrogen) atoms. The van der Waals surface area contributed by atoms with E-state index < -0.39 is 18.0 Å². The van der Waals surface area contributed by atoms with E-state index in [1.165, 1.54) is 62.3 Å². The molecular formula is C29H43NNa2O5S. The van der Waals surface area contributed by atoms with Gasteiger partial charge in [-0.3, -0.25) is 9.59 Å². The Labute approximate surface area is 279 Å². The van der Waals surface area contributed by atoms with Crippen LogP contribution >= 0.6 is 11.8 Å². The molecule has 0 fully saturated rings. The summed E-state index contributed by atoms with van der Waals surface area (Å²) in [6.45, 7) is 2.06. The maximum atomic E-state index is 11.0. The fraction of sp³-hybridized carbons (Fsp3) is 0.517. The molecule has 6 nitrogen and oxygen atoms in total. The molecule has 2 rings (SSSR count). The predicted molar refractivity (Wildman–Crippen MR) is 149 cm³/mol. The molecule has 0 radical (unpaired) electrons. The summed E-state index contributed by atoms with van der Waals surface area (Å²) >= 11 is 1.51. The summed E-state index contributed by atoms with van der Waals surface area (Å²) in [4.78, 5) is 22.7. The number of carbonyl (C=O) groups is 2. The van der Waals surface area contributed by atoms with Gasteiger partial charge < -0.3 is 23.5 Å². The molecule has 4 N–H and O–H groups in total. The Morgan fingerprint density at radius 2 is 1.55 bits per heavy atom. The van der Waals surface area contributed by atoms with Crippen LogP contribution in [0.5, 0.6) is 0 Å². The van der Waals surface area contributed by atoms with Crippen molar-refractivity contribution in [3.8, 4) is 0 Å². The van der Waals surface area contributed by atoms with Gasteiger partial charge in [0.15, 0.2) is 0 Å². The van der Waals surface area contributed by atoms with E-state index in [4.69, 9.17) is 10.2 Å². The first-order chi connectivity index (χ1) is 17.4. The summed E-state index contributed by atoms with van der Waals surface area (Å²) in [5.41, 5.74) is 2.98. The number of hydrogen-bond donors (Lipinski definition) is 4. The summed E-state index contributed by atoms with van der Waals surface area (Å²) in [6.07, 6.45) is 10.1. The van der Waals surface area contributed by atoms with E-state index >= 15 is 0 Å². The van der Waals surface area contributed by atoms with Gasteiger partial charge >= 0.3 is 71.1 Å². The fourth-order valence-corrected chi connectivity index (χ4v) is 5.38. The number of hydrogen-bond acceptors (Lipinski definition) is 5. The summed E-state index contributed by atoms with van der Waals surface area (Å²) in [6, 6.07) is 15.9. The number of aliphatic hydroxyl groups excluding tert-OH is 1. The third kappa shape index (κ3) is 15.9. The molecule has 2 atom stereocenters. The minimum atomic E-state index is -0.934. The van der Waals surface area contributed by atoms with Crippen LogP contribution in [0.3, 0.4) is 0 Å². The smallest absolute Gasteiger partial charge is 1.00 e. The molecule has 0 saturated carbocycles. The molecule has 0 spiro atoms. The first kappa shape index (κ1) is 37.5. The van der Waals surface area contributed by atoms with E-state index in [0.717, 1.165) is 16.9 Å². The zero-order valence-corrected chi connectivity index (χ0v) is 28.1. The van der Waals surface area contributed by atoms with Crippen LogP contribution in [0, 0.1) is 0 Å². The molecule has 2 unspecified atom stereocenters. The van der Waals surface area contributed by atoms with E-state index in [1.54, 1.807) is 0 Å². The van der Waals surface area contributed by atoms with Crippen molar-refractivity contribution in [2.45, 2.75) is 93.8 Å². The zero-order valence-electron chi connectivity index (χ0n) is 25.3. The van der Waals surface area contributed by atoms with Gasteiger partial charge in [0.1, 0.15) is 6.54 Å². The van der Waals surface area contributed by atoms with Crippen LogP contribution in [0.25, 0.3) is 0 Å². The van der Waals surface area contributed by atoms with Gasteiger partial charge in [-0.05, 0) is 55.0 Å². The Kier molecular flexibility index (Phi) is 21.9. The molecule has 2 aromatic rings. The molecule has 0 aliphatic rings. The Balaban J connectivity index is -0.00000342. The van der Waals surface area contributed by atoms with Crippen molar-refractivity contribution in [2.24, 2.45) is 0 Å². The van der Waals surface area contributed by atoms with Crippen molar-refractivity contribution in [1.29, 1.82) is 0 Å². The number of aliphatic carboxylic acids is 2. The molecule has 0 bridgehead atoms. The summed E-state index contributed by atoms with van der Waals surface area (Å²) in [5.74, 6) is -1.80. The fourth-order valence-electron chi connectivity index (χ4n) is 4.15. The normalized spacial score (nSPS) is 12.1. The van der Waals surface area contributed by atoms with Gasteiger partial charge in [0.2, 0.25) is 0 Å². The van der Waals surface area contributed by atoms with Gasteiger partial charge in [-0.2, -0.15) is 0 Å². The Morgan fingerprint density at radius 1 is 0.895 bits per heavy atom. The molecule has 0 saturated heterocycles. The van der Waals surface area contributed by atoms with Crippen LogP contribution in [-0.2, 0) is 16.0 Å². The number of aryl methyl sites for hydroxylation is 1. The van der Waals surface area contributed by atoms with Crippen molar-refractivity contribution in [2.75, 3.05) is 11.9 Å². The minimum Gasteiger partial charge on any atom is -1.00 e. The summed E-state index contributed by atoms with van der Waals surface area (Å²) in [5, 5.41) is 31.5. The van der Waals surface area contributed by atoms with Crippen molar-refractivity contribution >= 4 is 29.4 Å². The van der Waals surface area contributed by atoms with Gasteiger partial charge in [0.25, 0.3) is 0 Å². The van der Waals surface area contributed by atoms with Crippen molar-refractivity contribution < 1.29 is 86.9 Å². The van der Waals surface area contributed by atoms with Crippen LogP contribution < -0.4 is 64.4 Å². The zero-order chi connectivity index (χ0) is 26.2. The molecule has 0 heterocycles. The van der Waals surface area contributed by atoms with Crippen LogP contribution in [-0.4, -0.2) is 39.9 Å². The van der Waals surface area contributed by atoms with Crippen LogP contribution in [0.2, 0.25) is 0 Å².